The number of para-hydroxylation sites is 1. The second kappa shape index (κ2) is 6.20. The Labute approximate surface area is 110 Å². The highest BCUT2D eigenvalue weighted by Gasteiger charge is 2.07. The fourth-order valence-corrected chi connectivity index (χ4v) is 1.45. The third kappa shape index (κ3) is 3.85. The zero-order chi connectivity index (χ0) is 13.5. The molecule has 0 heterocycles. The normalized spacial score (nSPS) is 10.8. The highest BCUT2D eigenvalue weighted by Crippen LogP contribution is 2.07. The third-order valence-corrected chi connectivity index (χ3v) is 2.28. The fraction of sp³-hybridized carbons (Fsp3) is 0. The SMILES string of the molecule is NC(=O)OC(=NNc1ccccc1)c1ccccc1. The van der Waals surface area contributed by atoms with Gasteiger partial charge in [0.05, 0.1) is 5.69 Å². The van der Waals surface area contributed by atoms with Crippen LogP contribution in [-0.4, -0.2) is 12.0 Å². The van der Waals surface area contributed by atoms with E-state index in [-0.39, 0.29) is 5.90 Å². The van der Waals surface area contributed by atoms with Gasteiger partial charge in [-0.25, -0.2) is 4.79 Å². The van der Waals surface area contributed by atoms with Crippen LogP contribution in [0.1, 0.15) is 5.56 Å². The summed E-state index contributed by atoms with van der Waals surface area (Å²) in [6.45, 7) is 0. The van der Waals surface area contributed by atoms with Crippen molar-refractivity contribution in [3.63, 3.8) is 0 Å². The first-order valence-corrected chi connectivity index (χ1v) is 5.67. The minimum atomic E-state index is -0.905. The van der Waals surface area contributed by atoms with Crippen LogP contribution in [0.25, 0.3) is 0 Å². The van der Waals surface area contributed by atoms with Crippen molar-refractivity contribution in [1.82, 2.24) is 0 Å². The highest BCUT2D eigenvalue weighted by molar-refractivity contribution is 6.00. The predicted octanol–water partition coefficient (Wildman–Crippen LogP) is 2.56. The summed E-state index contributed by atoms with van der Waals surface area (Å²) >= 11 is 0. The van der Waals surface area contributed by atoms with Crippen molar-refractivity contribution >= 4 is 17.7 Å². The van der Waals surface area contributed by atoms with Crippen LogP contribution in [0.5, 0.6) is 0 Å². The molecule has 0 radical (unpaired) electrons. The summed E-state index contributed by atoms with van der Waals surface area (Å²) in [5.74, 6) is 0.122. The number of nitrogens with one attached hydrogen (secondary N) is 1. The summed E-state index contributed by atoms with van der Waals surface area (Å²) in [5.41, 5.74) is 9.27. The molecule has 0 aliphatic carbocycles. The molecular formula is C14H13N3O2. The number of carbonyl (C=O) groups is 1. The van der Waals surface area contributed by atoms with Gasteiger partial charge in [0, 0.05) is 5.56 Å². The molecule has 19 heavy (non-hydrogen) atoms. The van der Waals surface area contributed by atoms with E-state index in [1.54, 1.807) is 12.1 Å². The average Bonchev–Trinajstić information content (AvgIpc) is 2.45. The van der Waals surface area contributed by atoms with Gasteiger partial charge < -0.3 is 10.5 Å². The van der Waals surface area contributed by atoms with Crippen LogP contribution >= 0.6 is 0 Å². The molecule has 0 unspecified atom stereocenters. The van der Waals surface area contributed by atoms with Crippen molar-refractivity contribution < 1.29 is 9.53 Å². The van der Waals surface area contributed by atoms with Crippen LogP contribution in [0.15, 0.2) is 65.8 Å². The number of rotatable bonds is 3. The number of anilines is 1. The molecule has 1 amide bonds. The Hall–Kier alpha value is -2.82. The van der Waals surface area contributed by atoms with Crippen LogP contribution in [0, 0.1) is 0 Å². The molecular weight excluding hydrogens is 242 g/mol. The Bertz CT molecular complexity index is 568. The summed E-state index contributed by atoms with van der Waals surface area (Å²) < 4.78 is 4.88. The minimum absolute atomic E-state index is 0.122. The lowest BCUT2D eigenvalue weighted by Gasteiger charge is -2.06. The second-order valence-electron chi connectivity index (χ2n) is 3.68. The molecule has 0 fully saturated rings. The quantitative estimate of drug-likeness (QED) is 0.502. The van der Waals surface area contributed by atoms with E-state index in [1.807, 2.05) is 48.5 Å². The Kier molecular flexibility index (Phi) is 4.12. The second-order valence-corrected chi connectivity index (χ2v) is 3.68. The summed E-state index contributed by atoms with van der Waals surface area (Å²) in [7, 11) is 0. The first-order valence-electron chi connectivity index (χ1n) is 5.67. The van der Waals surface area contributed by atoms with Crippen molar-refractivity contribution in [2.45, 2.75) is 0 Å². The minimum Gasteiger partial charge on any atom is -0.389 e. The lowest BCUT2D eigenvalue weighted by atomic mass is 10.2. The van der Waals surface area contributed by atoms with Gasteiger partial charge in [0.15, 0.2) is 0 Å². The van der Waals surface area contributed by atoms with E-state index in [4.69, 9.17) is 10.5 Å². The van der Waals surface area contributed by atoms with E-state index in [1.165, 1.54) is 0 Å². The smallest absolute Gasteiger partial charge is 0.389 e. The van der Waals surface area contributed by atoms with Gasteiger partial charge in [-0.1, -0.05) is 36.4 Å². The molecule has 3 N–H and O–H groups in total. The van der Waals surface area contributed by atoms with E-state index in [9.17, 15) is 4.79 Å². The van der Waals surface area contributed by atoms with E-state index in [0.717, 1.165) is 5.69 Å². The molecule has 0 atom stereocenters. The maximum Gasteiger partial charge on any atom is 0.411 e. The number of nitrogens with two attached hydrogens (primary N) is 1. The molecule has 0 aliphatic heterocycles. The van der Waals surface area contributed by atoms with Crippen LogP contribution in [0.3, 0.4) is 0 Å². The number of ether oxygens (including phenoxy) is 1. The molecule has 5 heteroatoms. The summed E-state index contributed by atoms with van der Waals surface area (Å²) in [6, 6.07) is 18.4. The van der Waals surface area contributed by atoms with Crippen molar-refractivity contribution in [2.75, 3.05) is 5.43 Å². The molecule has 0 saturated carbocycles. The molecule has 0 bridgehead atoms. The first kappa shape index (κ1) is 12.6. The number of nitrogens with zero attached hydrogens (tertiary/aromatic N) is 1. The monoisotopic (exact) mass is 255 g/mol. The first-order chi connectivity index (χ1) is 9.25. The number of primary amides is 1. The van der Waals surface area contributed by atoms with Crippen LogP contribution < -0.4 is 11.2 Å². The van der Waals surface area contributed by atoms with E-state index >= 15 is 0 Å². The zero-order valence-electron chi connectivity index (χ0n) is 10.1. The molecule has 0 saturated heterocycles. The number of hydrogen-bond acceptors (Lipinski definition) is 4. The zero-order valence-corrected chi connectivity index (χ0v) is 10.1. The van der Waals surface area contributed by atoms with Crippen molar-refractivity contribution in [1.29, 1.82) is 0 Å². The van der Waals surface area contributed by atoms with Gasteiger partial charge in [-0.2, -0.15) is 0 Å². The largest absolute Gasteiger partial charge is 0.411 e. The Morgan fingerprint density at radius 1 is 1.00 bits per heavy atom. The molecule has 2 aromatic carbocycles. The van der Waals surface area contributed by atoms with Gasteiger partial charge >= 0.3 is 6.09 Å². The van der Waals surface area contributed by atoms with Gasteiger partial charge in [0.1, 0.15) is 0 Å². The van der Waals surface area contributed by atoms with Crippen molar-refractivity contribution in [2.24, 2.45) is 10.8 Å². The number of hydrogen-bond donors (Lipinski definition) is 2. The maximum atomic E-state index is 10.9. The lowest BCUT2D eigenvalue weighted by molar-refractivity contribution is 0.208. The van der Waals surface area contributed by atoms with Gasteiger partial charge in [-0.15, -0.1) is 5.10 Å². The van der Waals surface area contributed by atoms with E-state index < -0.39 is 6.09 Å². The Balaban J connectivity index is 2.20. The Morgan fingerprint density at radius 3 is 2.16 bits per heavy atom. The topological polar surface area (TPSA) is 76.7 Å². The molecule has 0 spiro atoms. The van der Waals surface area contributed by atoms with Crippen molar-refractivity contribution in [3.8, 4) is 0 Å². The van der Waals surface area contributed by atoms with Gasteiger partial charge in [-0.3, -0.25) is 5.43 Å². The molecule has 2 aromatic rings. The van der Waals surface area contributed by atoms with Gasteiger partial charge in [0.2, 0.25) is 5.90 Å². The van der Waals surface area contributed by atoms with E-state index in [0.29, 0.717) is 5.56 Å². The Morgan fingerprint density at radius 2 is 1.58 bits per heavy atom. The lowest BCUT2D eigenvalue weighted by Crippen LogP contribution is -2.20. The maximum absolute atomic E-state index is 10.9. The van der Waals surface area contributed by atoms with Crippen LogP contribution in [0.4, 0.5) is 10.5 Å². The standard InChI is InChI=1S/C14H13N3O2/c15-14(18)19-13(11-7-3-1-4-8-11)17-16-12-9-5-2-6-10-12/h1-10,16H,(H2,15,18). The number of hydrazone groups is 1. The van der Waals surface area contributed by atoms with Crippen molar-refractivity contribution in [3.05, 3.63) is 66.2 Å². The predicted molar refractivity (Wildman–Crippen MR) is 73.7 cm³/mol. The van der Waals surface area contributed by atoms with Crippen LogP contribution in [0.2, 0.25) is 0 Å². The fourth-order valence-electron chi connectivity index (χ4n) is 1.45. The number of amides is 1. The molecule has 96 valence electrons. The highest BCUT2D eigenvalue weighted by atomic mass is 16.6. The average molecular weight is 255 g/mol. The third-order valence-electron chi connectivity index (χ3n) is 2.28. The molecule has 0 aromatic heterocycles. The summed E-state index contributed by atoms with van der Waals surface area (Å²) in [6.07, 6.45) is -0.905. The molecule has 2 rings (SSSR count). The van der Waals surface area contributed by atoms with Gasteiger partial charge in [-0.05, 0) is 24.3 Å². The number of benzene rings is 2. The summed E-state index contributed by atoms with van der Waals surface area (Å²) in [5, 5.41) is 4.05. The van der Waals surface area contributed by atoms with E-state index in [2.05, 4.69) is 10.5 Å². The van der Waals surface area contributed by atoms with Gasteiger partial charge in [0.25, 0.3) is 0 Å². The van der Waals surface area contributed by atoms with Crippen LogP contribution in [-0.2, 0) is 4.74 Å². The molecule has 5 nitrogen and oxygen atoms in total. The summed E-state index contributed by atoms with van der Waals surface area (Å²) in [4.78, 5) is 10.9. The molecule has 0 aliphatic rings. The number of carbonyl (C=O) groups excluding carboxylic acids is 1.